The van der Waals surface area contributed by atoms with Crippen molar-refractivity contribution in [1.29, 1.82) is 0 Å². The molecule has 4 rings (SSSR count). The number of anilines is 1. The largest absolute Gasteiger partial charge is 0.494 e. The molecule has 0 saturated heterocycles. The number of primary amides is 1. The maximum absolute atomic E-state index is 13.2. The van der Waals surface area contributed by atoms with Crippen molar-refractivity contribution in [3.8, 4) is 5.75 Å². The number of halogens is 1. The zero-order valence-corrected chi connectivity index (χ0v) is 23.9. The van der Waals surface area contributed by atoms with E-state index in [1.54, 1.807) is 21.4 Å². The number of fused-ring (bicyclic) bond motifs is 1. The van der Waals surface area contributed by atoms with Gasteiger partial charge in [0.2, 0.25) is 11.9 Å². The van der Waals surface area contributed by atoms with Gasteiger partial charge in [-0.15, -0.1) is 0 Å². The van der Waals surface area contributed by atoms with Gasteiger partial charge < -0.3 is 25.1 Å². The molecule has 0 atom stereocenters. The van der Waals surface area contributed by atoms with E-state index in [0.717, 1.165) is 10.0 Å². The van der Waals surface area contributed by atoms with Crippen LogP contribution in [0, 0.1) is 6.92 Å². The summed E-state index contributed by atoms with van der Waals surface area (Å²) >= 11 is 3.37. The molecular formula is C27H30BrN7O5. The van der Waals surface area contributed by atoms with Gasteiger partial charge in [-0.05, 0) is 56.2 Å². The molecule has 3 amide bonds. The van der Waals surface area contributed by atoms with E-state index >= 15 is 0 Å². The molecule has 210 valence electrons. The van der Waals surface area contributed by atoms with Gasteiger partial charge in [0.15, 0.2) is 0 Å². The van der Waals surface area contributed by atoms with E-state index in [0.29, 0.717) is 54.2 Å². The summed E-state index contributed by atoms with van der Waals surface area (Å²) in [5.74, 6) is -0.397. The van der Waals surface area contributed by atoms with Gasteiger partial charge in [0, 0.05) is 29.7 Å². The van der Waals surface area contributed by atoms with Crippen LogP contribution in [-0.4, -0.2) is 50.9 Å². The van der Waals surface area contributed by atoms with Crippen LogP contribution in [0.5, 0.6) is 5.75 Å². The number of rotatable bonds is 11. The molecule has 12 nitrogen and oxygen atoms in total. The van der Waals surface area contributed by atoms with E-state index in [9.17, 15) is 14.4 Å². The van der Waals surface area contributed by atoms with Gasteiger partial charge in [0.25, 0.3) is 5.91 Å². The Balaban J connectivity index is 1.51. The molecule has 4 aromatic rings. The highest BCUT2D eigenvalue weighted by molar-refractivity contribution is 9.10. The van der Waals surface area contributed by atoms with Crippen molar-refractivity contribution in [2.75, 3.05) is 19.0 Å². The van der Waals surface area contributed by atoms with Crippen molar-refractivity contribution >= 4 is 50.8 Å². The van der Waals surface area contributed by atoms with Crippen LogP contribution in [0.15, 0.2) is 46.9 Å². The quantitative estimate of drug-likeness (QED) is 0.216. The van der Waals surface area contributed by atoms with Crippen LogP contribution in [0.3, 0.4) is 0 Å². The van der Waals surface area contributed by atoms with Crippen molar-refractivity contribution in [3.05, 3.63) is 69.5 Å². The van der Waals surface area contributed by atoms with Crippen molar-refractivity contribution in [2.24, 2.45) is 5.73 Å². The first-order valence-electron chi connectivity index (χ1n) is 12.6. The minimum atomic E-state index is -0.631. The third-order valence-corrected chi connectivity index (χ3v) is 6.61. The van der Waals surface area contributed by atoms with Gasteiger partial charge in [-0.2, -0.15) is 5.10 Å². The summed E-state index contributed by atoms with van der Waals surface area (Å²) in [6, 6.07) is 12.3. The third-order valence-electron chi connectivity index (χ3n) is 6.08. The Hall–Kier alpha value is -4.39. The number of benzene rings is 2. The van der Waals surface area contributed by atoms with Crippen LogP contribution < -0.4 is 21.1 Å². The van der Waals surface area contributed by atoms with E-state index in [2.05, 4.69) is 36.6 Å². The third kappa shape index (κ3) is 6.60. The molecule has 0 aliphatic rings. The molecule has 2 aromatic heterocycles. The summed E-state index contributed by atoms with van der Waals surface area (Å²) in [6.45, 7) is 5.03. The minimum absolute atomic E-state index is 0.147. The lowest BCUT2D eigenvalue weighted by molar-refractivity contribution is 0.0995. The Bertz CT molecular complexity index is 1550. The van der Waals surface area contributed by atoms with Crippen molar-refractivity contribution in [1.82, 2.24) is 24.6 Å². The van der Waals surface area contributed by atoms with Crippen LogP contribution in [-0.2, 0) is 24.4 Å². The van der Waals surface area contributed by atoms with Gasteiger partial charge in [0.1, 0.15) is 23.6 Å². The molecule has 0 spiro atoms. The molecular weight excluding hydrogens is 582 g/mol. The lowest BCUT2D eigenvalue weighted by Gasteiger charge is -2.13. The fourth-order valence-electron chi connectivity index (χ4n) is 4.18. The maximum atomic E-state index is 13.2. The van der Waals surface area contributed by atoms with E-state index in [1.807, 2.05) is 38.1 Å². The lowest BCUT2D eigenvalue weighted by Crippen LogP contribution is -2.26. The van der Waals surface area contributed by atoms with E-state index in [-0.39, 0.29) is 24.0 Å². The van der Waals surface area contributed by atoms with Crippen LogP contribution >= 0.6 is 15.9 Å². The number of ether oxygens (including phenoxy) is 2. The van der Waals surface area contributed by atoms with E-state index in [1.165, 1.54) is 13.2 Å². The first kappa shape index (κ1) is 28.6. The number of alkyl carbamates (subject to hydrolysis) is 1. The second-order valence-corrected chi connectivity index (χ2v) is 9.84. The molecule has 0 fully saturated rings. The minimum Gasteiger partial charge on any atom is -0.494 e. The topological polar surface area (TPSA) is 155 Å². The zero-order chi connectivity index (χ0) is 28.8. The number of nitrogens with zero attached hydrogens (tertiary/aromatic N) is 4. The van der Waals surface area contributed by atoms with Crippen LogP contribution in [0.1, 0.15) is 45.4 Å². The molecule has 0 aliphatic heterocycles. The van der Waals surface area contributed by atoms with Gasteiger partial charge in [-0.25, -0.2) is 9.78 Å². The number of methoxy groups -OCH3 is 1. The second kappa shape index (κ2) is 12.6. The lowest BCUT2D eigenvalue weighted by atomic mass is 10.1. The Labute approximate surface area is 239 Å². The van der Waals surface area contributed by atoms with Crippen LogP contribution in [0.2, 0.25) is 0 Å². The van der Waals surface area contributed by atoms with Crippen molar-refractivity contribution < 1.29 is 23.9 Å². The van der Waals surface area contributed by atoms with E-state index < -0.39 is 12.0 Å². The summed E-state index contributed by atoms with van der Waals surface area (Å²) < 4.78 is 15.1. The fraction of sp³-hybridized carbons (Fsp3) is 0.296. The molecule has 4 N–H and O–H groups in total. The second-order valence-electron chi connectivity index (χ2n) is 8.92. The monoisotopic (exact) mass is 611 g/mol. The number of nitrogens with two attached hydrogens (primary N) is 1. The molecule has 2 heterocycles. The first-order valence-corrected chi connectivity index (χ1v) is 13.4. The highest BCUT2D eigenvalue weighted by atomic mass is 79.9. The Kier molecular flexibility index (Phi) is 9.04. The first-order chi connectivity index (χ1) is 19.2. The number of hydrogen-bond acceptors (Lipinski definition) is 7. The Morgan fingerprint density at radius 2 is 1.88 bits per heavy atom. The molecule has 0 unspecified atom stereocenters. The number of carbonyl (C=O) groups is 3. The number of nitrogens with one attached hydrogen (secondary N) is 2. The smallest absolute Gasteiger partial charge is 0.407 e. The molecule has 0 saturated carbocycles. The summed E-state index contributed by atoms with van der Waals surface area (Å²) in [4.78, 5) is 41.8. The summed E-state index contributed by atoms with van der Waals surface area (Å²) in [5, 5.41) is 9.93. The molecule has 13 heteroatoms. The summed E-state index contributed by atoms with van der Waals surface area (Å²) in [5.41, 5.74) is 8.68. The molecule has 0 bridgehead atoms. The van der Waals surface area contributed by atoms with Crippen molar-refractivity contribution in [2.45, 2.75) is 40.0 Å². The fourth-order valence-corrected chi connectivity index (χ4v) is 4.45. The molecule has 2 aromatic carbocycles. The van der Waals surface area contributed by atoms with Gasteiger partial charge in [-0.1, -0.05) is 28.1 Å². The average Bonchev–Trinajstić information content (AvgIpc) is 3.49. The molecule has 0 aliphatic carbocycles. The number of hydrogen-bond donors (Lipinski definition) is 3. The zero-order valence-electron chi connectivity index (χ0n) is 22.4. The van der Waals surface area contributed by atoms with Crippen LogP contribution in [0.25, 0.3) is 11.0 Å². The SMILES string of the molecule is CCn1nc(C)cc1C(=O)Nc1nc2cc(C(N)=O)cc(OC)c2n1CCCNC(=O)OCc1ccc(Br)cc1. The standard InChI is InChI=1S/C27H30BrN7O5/c1-4-35-21(12-16(2)33-35)25(37)32-26-31-20-13-18(24(29)36)14-22(39-3)23(20)34(26)11-5-10-30-27(38)40-15-17-6-8-19(28)9-7-17/h6-9,12-14H,4-5,10-11,15H2,1-3H3,(H2,29,36)(H,30,38)(H,31,32,37). The van der Waals surface area contributed by atoms with Gasteiger partial charge in [0.05, 0.1) is 18.3 Å². The highest BCUT2D eigenvalue weighted by Crippen LogP contribution is 2.31. The number of imidazole rings is 1. The predicted octanol–water partition coefficient (Wildman–Crippen LogP) is 4.00. The number of aromatic nitrogens is 4. The number of carbonyl (C=O) groups excluding carboxylic acids is 3. The summed E-state index contributed by atoms with van der Waals surface area (Å²) in [6.07, 6.45) is -0.0622. The Morgan fingerprint density at radius 1 is 1.12 bits per heavy atom. The molecule has 40 heavy (non-hydrogen) atoms. The predicted molar refractivity (Wildman–Crippen MR) is 152 cm³/mol. The van der Waals surface area contributed by atoms with Crippen LogP contribution in [0.4, 0.5) is 10.7 Å². The average molecular weight is 612 g/mol. The normalized spacial score (nSPS) is 10.9. The highest BCUT2D eigenvalue weighted by Gasteiger charge is 2.21. The molecule has 0 radical (unpaired) electrons. The number of amides is 3. The van der Waals surface area contributed by atoms with Crippen molar-refractivity contribution in [3.63, 3.8) is 0 Å². The van der Waals surface area contributed by atoms with Gasteiger partial charge >= 0.3 is 6.09 Å². The summed E-state index contributed by atoms with van der Waals surface area (Å²) in [7, 11) is 1.47. The van der Waals surface area contributed by atoms with Gasteiger partial charge in [-0.3, -0.25) is 19.6 Å². The maximum Gasteiger partial charge on any atom is 0.407 e. The Morgan fingerprint density at radius 3 is 2.55 bits per heavy atom. The number of aryl methyl sites for hydroxylation is 3. The van der Waals surface area contributed by atoms with E-state index in [4.69, 9.17) is 15.2 Å².